The maximum atomic E-state index is 15.5. The number of nitrogens with zero attached hydrogens (tertiary/aromatic N) is 9. The van der Waals surface area contributed by atoms with Crippen LogP contribution >= 0.6 is 18.5 Å². The Kier molecular flexibility index (Phi) is 6.28. The van der Waals surface area contributed by atoms with Gasteiger partial charge in [0.15, 0.2) is 46.1 Å². The van der Waals surface area contributed by atoms with Crippen molar-refractivity contribution in [2.45, 2.75) is 53.1 Å². The molecule has 2 saturated heterocycles. The van der Waals surface area contributed by atoms with Crippen LogP contribution in [-0.2, 0) is 25.6 Å². The number of H-pyrrole nitrogens is 1. The summed E-state index contributed by atoms with van der Waals surface area (Å²) in [6, 6.07) is 0. The fourth-order valence-corrected chi connectivity index (χ4v) is 8.23. The number of thioether (sulfide) groups is 1. The second kappa shape index (κ2) is 9.49. The van der Waals surface area contributed by atoms with Gasteiger partial charge < -0.3 is 31.3 Å². The molecule has 3 fully saturated rings. The minimum atomic E-state index is -4.43. The number of fused-ring (bicyclic) bond motifs is 3. The van der Waals surface area contributed by atoms with Crippen molar-refractivity contribution < 1.29 is 37.7 Å². The van der Waals surface area contributed by atoms with Crippen LogP contribution in [0.2, 0.25) is 0 Å². The van der Waals surface area contributed by atoms with Crippen LogP contribution in [0.4, 0.5) is 20.5 Å². The summed E-state index contributed by atoms with van der Waals surface area (Å²) >= 11 is 5.95. The molecular formula is C18H19F2N12O7PS2. The molecule has 7 rings (SSSR count). The van der Waals surface area contributed by atoms with E-state index in [9.17, 15) is 19.9 Å². The first kappa shape index (κ1) is 27.8. The molecular weight excluding hydrogens is 629 g/mol. The Morgan fingerprint density at radius 3 is 2.64 bits per heavy atom. The summed E-state index contributed by atoms with van der Waals surface area (Å²) in [5, 5.41) is 33.7. The van der Waals surface area contributed by atoms with Crippen LogP contribution in [0.15, 0.2) is 11.1 Å². The van der Waals surface area contributed by atoms with Gasteiger partial charge in [-0.3, -0.25) is 18.8 Å². The summed E-state index contributed by atoms with van der Waals surface area (Å²) in [7, 11) is 0. The second-order valence-electron chi connectivity index (χ2n) is 9.62. The van der Waals surface area contributed by atoms with Crippen LogP contribution in [0.25, 0.3) is 22.3 Å². The minimum absolute atomic E-state index is 0.00535. The average Bonchev–Trinajstić information content (AvgIpc) is 3.45. The summed E-state index contributed by atoms with van der Waals surface area (Å²) in [4.78, 5) is 37.1. The van der Waals surface area contributed by atoms with Crippen molar-refractivity contribution in [3.63, 3.8) is 0 Å². The van der Waals surface area contributed by atoms with Gasteiger partial charge >= 0.3 is 6.72 Å². The van der Waals surface area contributed by atoms with Gasteiger partial charge in [-0.25, -0.2) is 23.4 Å². The van der Waals surface area contributed by atoms with Crippen molar-refractivity contribution in [2.75, 3.05) is 18.1 Å². The largest absolute Gasteiger partial charge is 0.395 e. The molecule has 19 nitrogen and oxygen atoms in total. The highest BCUT2D eigenvalue weighted by Crippen LogP contribution is 2.63. The maximum absolute atomic E-state index is 15.5. The van der Waals surface area contributed by atoms with Crippen LogP contribution in [0, 0.1) is 0 Å². The number of aliphatic hydroxyl groups excluding tert-OH is 1. The lowest BCUT2D eigenvalue weighted by atomic mass is 10.1. The summed E-state index contributed by atoms with van der Waals surface area (Å²) < 4.78 is 49.5. The van der Waals surface area contributed by atoms with E-state index in [0.717, 1.165) is 27.5 Å². The van der Waals surface area contributed by atoms with Gasteiger partial charge in [-0.1, -0.05) is 10.4 Å². The number of alkyl halides is 2. The zero-order valence-electron chi connectivity index (χ0n) is 20.6. The molecule has 4 aromatic heterocycles. The zero-order valence-corrected chi connectivity index (χ0v) is 23.1. The molecule has 8 N–H and O–H groups in total. The molecule has 24 heteroatoms. The summed E-state index contributed by atoms with van der Waals surface area (Å²) in [5.41, 5.74) is 8.24. The fraction of sp³-hybridized carbons (Fsp3) is 0.556. The maximum Gasteiger partial charge on any atom is 0.325 e. The van der Waals surface area contributed by atoms with Crippen LogP contribution in [0.5, 0.6) is 0 Å². The first-order valence-corrected chi connectivity index (χ1v) is 15.5. The van der Waals surface area contributed by atoms with Crippen LogP contribution in [0.3, 0.4) is 0 Å². The lowest BCUT2D eigenvalue weighted by molar-refractivity contribution is -0.0664. The van der Waals surface area contributed by atoms with Crippen molar-refractivity contribution in [1.82, 2.24) is 49.9 Å². The molecule has 0 amide bonds. The van der Waals surface area contributed by atoms with Gasteiger partial charge in [-0.15, -0.1) is 22.0 Å². The standard InChI is InChI=1S/C18H19F2N12O7PS2/c19-4-3(1-33)42-16(32-13-6(28-30-32)14(34)26-17(22)25-13)7(4)38-40(36,41)39-10-9-18(10,35)8(20)15(37-9)31-12-5(27-29-31)11(21)23-2-24-12/h2-4,7-10,15-16,33,35H,1H2,(H,36,41)(H2,21,23,24)(H3,22,25,26,34)/t3-,4-,7-,8-,9-,10?,15-,16-,18+,40?/m1/s1. The molecule has 224 valence electrons. The van der Waals surface area contributed by atoms with Gasteiger partial charge in [0.05, 0.1) is 11.9 Å². The topological polar surface area (TPSA) is 273 Å². The number of halogens is 2. The van der Waals surface area contributed by atoms with Gasteiger partial charge in [0.2, 0.25) is 5.95 Å². The van der Waals surface area contributed by atoms with E-state index in [1.165, 1.54) is 0 Å². The molecule has 6 heterocycles. The van der Waals surface area contributed by atoms with E-state index in [0.29, 0.717) is 0 Å². The number of hydrogen-bond acceptors (Lipinski definition) is 17. The van der Waals surface area contributed by atoms with E-state index < -0.39 is 72.0 Å². The smallest absolute Gasteiger partial charge is 0.325 e. The Morgan fingerprint density at radius 2 is 1.93 bits per heavy atom. The number of rotatable bonds is 7. The Bertz CT molecular complexity index is 1830. The fourth-order valence-electron chi connectivity index (χ4n) is 5.05. The number of aliphatic hydroxyl groups is 2. The molecule has 42 heavy (non-hydrogen) atoms. The van der Waals surface area contributed by atoms with E-state index in [1.807, 2.05) is 0 Å². The van der Waals surface area contributed by atoms with E-state index in [-0.39, 0.29) is 34.1 Å². The number of nitrogens with one attached hydrogen (secondary N) is 1. The van der Waals surface area contributed by atoms with Gasteiger partial charge in [-0.05, 0) is 11.8 Å². The second-order valence-corrected chi connectivity index (χ2v) is 13.7. The molecule has 0 bridgehead atoms. The van der Waals surface area contributed by atoms with Crippen molar-refractivity contribution in [1.29, 1.82) is 0 Å². The highest BCUT2D eigenvalue weighted by Gasteiger charge is 2.80. The lowest BCUT2D eigenvalue weighted by Gasteiger charge is -2.27. The Morgan fingerprint density at radius 1 is 1.19 bits per heavy atom. The Labute approximate surface area is 239 Å². The van der Waals surface area contributed by atoms with E-state index in [1.54, 1.807) is 0 Å². The third kappa shape index (κ3) is 4.03. The summed E-state index contributed by atoms with van der Waals surface area (Å²) in [6.07, 6.45) is -8.83. The molecule has 0 radical (unpaired) electrons. The molecule has 0 spiro atoms. The van der Waals surface area contributed by atoms with Crippen molar-refractivity contribution in [3.8, 4) is 0 Å². The minimum Gasteiger partial charge on any atom is -0.395 e. The van der Waals surface area contributed by atoms with E-state index in [4.69, 9.17) is 37.1 Å². The van der Waals surface area contributed by atoms with Gasteiger partial charge in [-0.2, -0.15) is 9.67 Å². The number of anilines is 2. The highest BCUT2D eigenvalue weighted by atomic mass is 32.5. The third-order valence-electron chi connectivity index (χ3n) is 7.13. The summed E-state index contributed by atoms with van der Waals surface area (Å²) in [6.45, 7) is -5.06. The van der Waals surface area contributed by atoms with Crippen LogP contribution in [0.1, 0.15) is 11.6 Å². The molecule has 1 saturated carbocycles. The zero-order chi connectivity index (χ0) is 29.7. The summed E-state index contributed by atoms with van der Waals surface area (Å²) in [5.74, 6) is -0.254. The average molecular weight is 649 g/mol. The number of nitrogen functional groups attached to an aromatic ring is 2. The highest BCUT2D eigenvalue weighted by molar-refractivity contribution is 8.07. The normalized spacial score (nSPS) is 35.5. The molecule has 2 unspecified atom stereocenters. The quantitative estimate of drug-likeness (QED) is 0.116. The number of aromatic nitrogens is 10. The number of ether oxygens (including phenoxy) is 1. The molecule has 10 atom stereocenters. The molecule has 4 aromatic rings. The SMILES string of the molecule is Nc1nc2c(nnn2[C@@H]2S[C@H](CO)[C@@H](F)[C@H]2OP(O)(=S)OC2[C@H]3O[C@@H](n4nnc5c(N)ncnc54)[C@@H](F)[C@@]23O)c(=O)[nH]1. The molecule has 3 aliphatic rings. The molecule has 0 aromatic carbocycles. The molecule has 1 aliphatic carbocycles. The number of aromatic amines is 1. The van der Waals surface area contributed by atoms with Crippen molar-refractivity contribution in [3.05, 3.63) is 16.7 Å². The van der Waals surface area contributed by atoms with Gasteiger partial charge in [0.25, 0.3) is 5.56 Å². The molecule has 2 aliphatic heterocycles. The van der Waals surface area contributed by atoms with E-state index in [2.05, 4.69) is 40.6 Å². The Balaban J connectivity index is 1.11. The predicted molar refractivity (Wildman–Crippen MR) is 140 cm³/mol. The first-order valence-electron chi connectivity index (χ1n) is 12.0. The van der Waals surface area contributed by atoms with Gasteiger partial charge in [0, 0.05) is 0 Å². The predicted octanol–water partition coefficient (Wildman–Crippen LogP) is -2.17. The monoisotopic (exact) mass is 648 g/mol. The third-order valence-corrected chi connectivity index (χ3v) is 10.2. The van der Waals surface area contributed by atoms with Gasteiger partial charge in [0.1, 0.15) is 36.2 Å². The van der Waals surface area contributed by atoms with E-state index >= 15 is 8.78 Å². The Hall–Kier alpha value is -3.02. The van der Waals surface area contributed by atoms with Crippen LogP contribution < -0.4 is 17.0 Å². The number of nitrogens with two attached hydrogens (primary N) is 2. The van der Waals surface area contributed by atoms with Crippen molar-refractivity contribution in [2.24, 2.45) is 0 Å². The van der Waals surface area contributed by atoms with Crippen molar-refractivity contribution >= 4 is 64.4 Å². The lowest BCUT2D eigenvalue weighted by Crippen LogP contribution is -2.35. The van der Waals surface area contributed by atoms with Crippen LogP contribution in [-0.4, -0.2) is 113 Å². The first-order chi connectivity index (χ1) is 19.9. The number of hydrogen-bond donors (Lipinski definition) is 6.